The molecular weight excluding hydrogens is 358 g/mol. The van der Waals surface area contributed by atoms with Gasteiger partial charge in [0.15, 0.2) is 16.6 Å². The second-order valence-corrected chi connectivity index (χ2v) is 7.66. The number of aryl methyl sites for hydroxylation is 1. The Morgan fingerprint density at radius 2 is 2.00 bits per heavy atom. The Morgan fingerprint density at radius 3 is 2.74 bits per heavy atom. The van der Waals surface area contributed by atoms with Crippen molar-refractivity contribution >= 4 is 22.1 Å². The first-order chi connectivity index (χ1) is 13.3. The zero-order valence-electron chi connectivity index (χ0n) is 15.0. The van der Waals surface area contributed by atoms with Crippen LogP contribution in [0.3, 0.4) is 0 Å². The van der Waals surface area contributed by atoms with Gasteiger partial charge in [-0.3, -0.25) is 4.98 Å². The van der Waals surface area contributed by atoms with Crippen molar-refractivity contribution < 1.29 is 0 Å². The highest BCUT2D eigenvalue weighted by Gasteiger charge is 2.26. The third-order valence-electron chi connectivity index (χ3n) is 4.98. The first-order valence-electron chi connectivity index (χ1n) is 9.08. The number of rotatable bonds is 3. The lowest BCUT2D eigenvalue weighted by atomic mass is 9.96. The molecule has 5 rings (SSSR count). The summed E-state index contributed by atoms with van der Waals surface area (Å²) in [5.41, 5.74) is 3.75. The molecule has 0 N–H and O–H groups in total. The number of aromatic nitrogens is 6. The van der Waals surface area contributed by atoms with Gasteiger partial charge in [-0.1, -0.05) is 0 Å². The molecule has 4 aromatic heterocycles. The fourth-order valence-electron chi connectivity index (χ4n) is 3.54. The molecule has 7 nitrogen and oxygen atoms in total. The summed E-state index contributed by atoms with van der Waals surface area (Å²) < 4.78 is 1.90. The molecular formula is C19H19N7S. The van der Waals surface area contributed by atoms with Gasteiger partial charge in [-0.2, -0.15) is 9.61 Å². The second kappa shape index (κ2) is 6.70. The summed E-state index contributed by atoms with van der Waals surface area (Å²) in [5.74, 6) is 1.31. The van der Waals surface area contributed by atoms with Crippen LogP contribution in [0.4, 0.5) is 5.13 Å². The molecule has 0 atom stereocenters. The Hall–Kier alpha value is -2.87. The van der Waals surface area contributed by atoms with Crippen molar-refractivity contribution in [3.8, 4) is 11.3 Å². The molecule has 27 heavy (non-hydrogen) atoms. The predicted octanol–water partition coefficient (Wildman–Crippen LogP) is 3.34. The Kier molecular flexibility index (Phi) is 4.05. The highest BCUT2D eigenvalue weighted by Crippen LogP contribution is 2.31. The van der Waals surface area contributed by atoms with Gasteiger partial charge in [-0.15, -0.1) is 21.5 Å². The van der Waals surface area contributed by atoms with E-state index in [1.165, 1.54) is 0 Å². The average molecular weight is 377 g/mol. The highest BCUT2D eigenvalue weighted by atomic mass is 32.1. The summed E-state index contributed by atoms with van der Waals surface area (Å²) in [6, 6.07) is 7.88. The number of thiazole rings is 1. The molecule has 8 heteroatoms. The van der Waals surface area contributed by atoms with Gasteiger partial charge in [0.2, 0.25) is 0 Å². The van der Waals surface area contributed by atoms with Crippen molar-refractivity contribution in [2.45, 2.75) is 25.7 Å². The largest absolute Gasteiger partial charge is 0.348 e. The quantitative estimate of drug-likeness (QED) is 0.545. The molecule has 0 radical (unpaired) electrons. The molecule has 4 aromatic rings. The zero-order valence-corrected chi connectivity index (χ0v) is 15.8. The SMILES string of the molecule is Cc1csc(N2CCC(c3nnc4ccc(-c5cccnc5)nn34)CC2)n1. The number of nitrogens with zero attached hydrogens (tertiary/aromatic N) is 7. The molecule has 0 aromatic carbocycles. The van der Waals surface area contributed by atoms with Crippen LogP contribution in [0.5, 0.6) is 0 Å². The fraction of sp³-hybridized carbons (Fsp3) is 0.316. The standard InChI is InChI=1S/C19H19N7S/c1-13-12-27-19(21-13)25-9-6-14(7-10-25)18-23-22-17-5-4-16(24-26(17)18)15-3-2-8-20-11-15/h2-5,8,11-12,14H,6-7,9-10H2,1H3. The Labute approximate surface area is 160 Å². The van der Waals surface area contributed by atoms with E-state index in [1.54, 1.807) is 17.5 Å². The van der Waals surface area contributed by atoms with Crippen LogP contribution in [0.25, 0.3) is 16.9 Å². The van der Waals surface area contributed by atoms with Crippen molar-refractivity contribution in [1.29, 1.82) is 0 Å². The van der Waals surface area contributed by atoms with Crippen LogP contribution < -0.4 is 4.90 Å². The molecule has 1 saturated heterocycles. The predicted molar refractivity (Wildman–Crippen MR) is 105 cm³/mol. The summed E-state index contributed by atoms with van der Waals surface area (Å²) in [7, 11) is 0. The van der Waals surface area contributed by atoms with E-state index in [-0.39, 0.29) is 0 Å². The summed E-state index contributed by atoms with van der Waals surface area (Å²) in [6.07, 6.45) is 5.65. The normalized spacial score (nSPS) is 15.5. The average Bonchev–Trinajstić information content (AvgIpc) is 3.34. The third kappa shape index (κ3) is 3.06. The first kappa shape index (κ1) is 16.3. The van der Waals surface area contributed by atoms with Crippen LogP contribution in [0.1, 0.15) is 30.3 Å². The Morgan fingerprint density at radius 1 is 1.11 bits per heavy atom. The number of hydrogen-bond donors (Lipinski definition) is 0. The van der Waals surface area contributed by atoms with Gasteiger partial charge in [0, 0.05) is 42.3 Å². The van der Waals surface area contributed by atoms with Crippen LogP contribution >= 0.6 is 11.3 Å². The van der Waals surface area contributed by atoms with Crippen LogP contribution in [0.15, 0.2) is 42.0 Å². The van der Waals surface area contributed by atoms with Crippen molar-refractivity contribution in [2.75, 3.05) is 18.0 Å². The monoisotopic (exact) mass is 377 g/mol. The number of anilines is 1. The van der Waals surface area contributed by atoms with Gasteiger partial charge in [0.1, 0.15) is 0 Å². The maximum atomic E-state index is 4.79. The van der Waals surface area contributed by atoms with E-state index in [1.807, 2.05) is 41.9 Å². The second-order valence-electron chi connectivity index (χ2n) is 6.82. The van der Waals surface area contributed by atoms with Crippen LogP contribution in [0, 0.1) is 6.92 Å². The molecule has 0 amide bonds. The van der Waals surface area contributed by atoms with Gasteiger partial charge < -0.3 is 4.90 Å². The molecule has 1 aliphatic rings. The van der Waals surface area contributed by atoms with E-state index >= 15 is 0 Å². The van der Waals surface area contributed by atoms with Gasteiger partial charge in [-0.05, 0) is 44.0 Å². The molecule has 0 aliphatic carbocycles. The summed E-state index contributed by atoms with van der Waals surface area (Å²) in [4.78, 5) is 11.2. The maximum absolute atomic E-state index is 4.79. The minimum absolute atomic E-state index is 0.356. The van der Waals surface area contributed by atoms with Gasteiger partial charge >= 0.3 is 0 Å². The van der Waals surface area contributed by atoms with E-state index < -0.39 is 0 Å². The molecule has 0 unspecified atom stereocenters. The lowest BCUT2D eigenvalue weighted by molar-refractivity contribution is 0.477. The summed E-state index contributed by atoms with van der Waals surface area (Å²) in [6.45, 7) is 4.00. The van der Waals surface area contributed by atoms with Crippen LogP contribution in [-0.4, -0.2) is 42.9 Å². The smallest absolute Gasteiger partial charge is 0.185 e. The van der Waals surface area contributed by atoms with Crippen LogP contribution in [0.2, 0.25) is 0 Å². The van der Waals surface area contributed by atoms with E-state index in [2.05, 4.69) is 30.4 Å². The van der Waals surface area contributed by atoms with E-state index in [0.29, 0.717) is 5.92 Å². The van der Waals surface area contributed by atoms with Gasteiger partial charge in [-0.25, -0.2) is 4.98 Å². The Balaban J connectivity index is 1.40. The van der Waals surface area contributed by atoms with Crippen molar-refractivity contribution in [3.63, 3.8) is 0 Å². The molecule has 1 aliphatic heterocycles. The molecule has 0 bridgehead atoms. The third-order valence-corrected chi connectivity index (χ3v) is 6.00. The lowest BCUT2D eigenvalue weighted by Crippen LogP contribution is -2.33. The number of pyridine rings is 1. The summed E-state index contributed by atoms with van der Waals surface area (Å²) in [5, 5.41) is 16.8. The van der Waals surface area contributed by atoms with E-state index in [9.17, 15) is 0 Å². The fourth-order valence-corrected chi connectivity index (χ4v) is 4.40. The molecule has 1 fully saturated rings. The minimum Gasteiger partial charge on any atom is -0.348 e. The van der Waals surface area contributed by atoms with Crippen LogP contribution in [-0.2, 0) is 0 Å². The van der Waals surface area contributed by atoms with E-state index in [4.69, 9.17) is 5.10 Å². The summed E-state index contributed by atoms with van der Waals surface area (Å²) >= 11 is 1.72. The van der Waals surface area contributed by atoms with Gasteiger partial charge in [0.05, 0.1) is 11.4 Å². The topological polar surface area (TPSA) is 72.1 Å². The number of fused-ring (bicyclic) bond motifs is 1. The minimum atomic E-state index is 0.356. The van der Waals surface area contributed by atoms with Crippen molar-refractivity contribution in [3.05, 3.63) is 53.6 Å². The first-order valence-corrected chi connectivity index (χ1v) is 9.96. The van der Waals surface area contributed by atoms with Crippen molar-refractivity contribution in [1.82, 2.24) is 29.8 Å². The van der Waals surface area contributed by atoms with Gasteiger partial charge in [0.25, 0.3) is 0 Å². The number of hydrogen-bond acceptors (Lipinski definition) is 7. The lowest BCUT2D eigenvalue weighted by Gasteiger charge is -2.30. The maximum Gasteiger partial charge on any atom is 0.185 e. The highest BCUT2D eigenvalue weighted by molar-refractivity contribution is 7.13. The Bertz CT molecular complexity index is 1060. The molecule has 0 saturated carbocycles. The molecule has 0 spiro atoms. The van der Waals surface area contributed by atoms with E-state index in [0.717, 1.165) is 59.5 Å². The molecule has 136 valence electrons. The number of piperidine rings is 1. The van der Waals surface area contributed by atoms with Crippen molar-refractivity contribution in [2.24, 2.45) is 0 Å². The molecule has 5 heterocycles. The zero-order chi connectivity index (χ0) is 18.2.